The van der Waals surface area contributed by atoms with Crippen LogP contribution < -0.4 is 5.73 Å². The van der Waals surface area contributed by atoms with Crippen molar-refractivity contribution in [1.82, 2.24) is 15.0 Å². The topological polar surface area (TPSA) is 91.0 Å². The molecule has 0 unspecified atom stereocenters. The first kappa shape index (κ1) is 11.5. The lowest BCUT2D eigenvalue weighted by Crippen LogP contribution is -2.06. The average molecular weight is 250 g/mol. The fourth-order valence-corrected chi connectivity index (χ4v) is 2.08. The maximum atomic E-state index is 11.7. The molecule has 0 bridgehead atoms. The van der Waals surface area contributed by atoms with Gasteiger partial charge in [-0.3, -0.25) is 0 Å². The van der Waals surface area contributed by atoms with Gasteiger partial charge in [-0.15, -0.1) is 0 Å². The van der Waals surface area contributed by atoms with E-state index in [1.54, 1.807) is 19.3 Å². The molecule has 2 rings (SSSR count). The Labute approximate surface area is 101 Å². The molecule has 0 fully saturated rings. The molecule has 2 N–H and O–H groups in total. The zero-order valence-corrected chi connectivity index (χ0v) is 9.90. The minimum atomic E-state index is -0.487. The van der Waals surface area contributed by atoms with E-state index in [0.717, 1.165) is 0 Å². The number of carbonyl (C=O) groups is 1. The predicted molar refractivity (Wildman–Crippen MR) is 63.5 cm³/mol. The van der Waals surface area contributed by atoms with Gasteiger partial charge in [0.1, 0.15) is 6.33 Å². The summed E-state index contributed by atoms with van der Waals surface area (Å²) in [6, 6.07) is 0. The van der Waals surface area contributed by atoms with E-state index in [1.165, 1.54) is 17.7 Å². The third kappa shape index (κ3) is 2.39. The van der Waals surface area contributed by atoms with Gasteiger partial charge in [0.05, 0.1) is 11.5 Å². The fourth-order valence-electron chi connectivity index (χ4n) is 1.29. The van der Waals surface area contributed by atoms with Gasteiger partial charge in [0.15, 0.2) is 10.8 Å². The van der Waals surface area contributed by atoms with Gasteiger partial charge in [0.25, 0.3) is 0 Å². The normalized spacial score (nSPS) is 10.2. The van der Waals surface area contributed by atoms with Crippen LogP contribution in [-0.4, -0.2) is 27.5 Å². The maximum absolute atomic E-state index is 11.7. The molecule has 2 aromatic rings. The third-order valence-corrected chi connectivity index (χ3v) is 2.87. The van der Waals surface area contributed by atoms with Crippen molar-refractivity contribution in [3.05, 3.63) is 24.4 Å². The second-order valence-electron chi connectivity index (χ2n) is 3.08. The van der Waals surface area contributed by atoms with Gasteiger partial charge in [-0.2, -0.15) is 0 Å². The molecule has 0 spiro atoms. The molecule has 0 aromatic carbocycles. The molecule has 0 aliphatic heterocycles. The van der Waals surface area contributed by atoms with Gasteiger partial charge in [-0.25, -0.2) is 19.7 Å². The van der Waals surface area contributed by atoms with Crippen molar-refractivity contribution in [1.29, 1.82) is 0 Å². The third-order valence-electron chi connectivity index (χ3n) is 1.94. The Bertz CT molecular complexity index is 526. The number of aromatic nitrogens is 3. The van der Waals surface area contributed by atoms with Crippen LogP contribution in [0.1, 0.15) is 17.4 Å². The molecule has 7 heteroatoms. The number of nitrogens with zero attached hydrogens (tertiary/aromatic N) is 3. The highest BCUT2D eigenvalue weighted by Crippen LogP contribution is 2.31. The number of carbonyl (C=O) groups excluding carboxylic acids is 1. The Morgan fingerprint density at radius 3 is 2.82 bits per heavy atom. The molecule has 0 amide bonds. The second-order valence-corrected chi connectivity index (χ2v) is 4.11. The standard InChI is InChI=1S/C10H10N4O2S/c1-2-16-9(15)7-8(17-10(11)14-7)6-3-12-5-13-4-6/h3-5H,2H2,1H3,(H2,11,14). The molecule has 0 radical (unpaired) electrons. The van der Waals surface area contributed by atoms with Crippen molar-refractivity contribution in [2.45, 2.75) is 6.92 Å². The number of nitrogen functional groups attached to an aromatic ring is 1. The van der Waals surface area contributed by atoms with Crippen molar-refractivity contribution in [2.75, 3.05) is 12.3 Å². The highest BCUT2D eigenvalue weighted by atomic mass is 32.1. The minimum absolute atomic E-state index is 0.212. The fraction of sp³-hybridized carbons (Fsp3) is 0.200. The molecule has 0 saturated heterocycles. The van der Waals surface area contributed by atoms with E-state index >= 15 is 0 Å². The summed E-state index contributed by atoms with van der Waals surface area (Å²) in [4.78, 5) is 24.1. The number of esters is 1. The van der Waals surface area contributed by atoms with Gasteiger partial charge >= 0.3 is 5.97 Å². The molecule has 0 aliphatic rings. The molecule has 0 aliphatic carbocycles. The van der Waals surface area contributed by atoms with Gasteiger partial charge in [0.2, 0.25) is 0 Å². The number of ether oxygens (including phenoxy) is 1. The smallest absolute Gasteiger partial charge is 0.358 e. The van der Waals surface area contributed by atoms with Crippen LogP contribution in [0.2, 0.25) is 0 Å². The van der Waals surface area contributed by atoms with Crippen LogP contribution in [0.25, 0.3) is 10.4 Å². The van der Waals surface area contributed by atoms with Gasteiger partial charge in [-0.1, -0.05) is 11.3 Å². The summed E-state index contributed by atoms with van der Waals surface area (Å²) in [5.74, 6) is -0.487. The Kier molecular flexibility index (Phi) is 3.29. The van der Waals surface area contributed by atoms with Crippen molar-refractivity contribution in [3.8, 4) is 10.4 Å². The minimum Gasteiger partial charge on any atom is -0.461 e. The molecular weight excluding hydrogens is 240 g/mol. The molecule has 2 heterocycles. The van der Waals surface area contributed by atoms with Gasteiger partial charge in [-0.05, 0) is 6.92 Å². The van der Waals surface area contributed by atoms with Crippen LogP contribution in [-0.2, 0) is 4.74 Å². The second kappa shape index (κ2) is 4.88. The lowest BCUT2D eigenvalue weighted by Gasteiger charge is -2.01. The summed E-state index contributed by atoms with van der Waals surface area (Å²) in [7, 11) is 0. The van der Waals surface area contributed by atoms with Crippen LogP contribution >= 0.6 is 11.3 Å². The van der Waals surface area contributed by atoms with Gasteiger partial charge in [0, 0.05) is 18.0 Å². The lowest BCUT2D eigenvalue weighted by molar-refractivity contribution is 0.0521. The van der Waals surface area contributed by atoms with Crippen LogP contribution in [0.15, 0.2) is 18.7 Å². The first-order chi connectivity index (χ1) is 8.22. The maximum Gasteiger partial charge on any atom is 0.358 e. The molecule has 0 saturated carbocycles. The van der Waals surface area contributed by atoms with Gasteiger partial charge < -0.3 is 10.5 Å². The first-order valence-corrected chi connectivity index (χ1v) is 5.72. The van der Waals surface area contributed by atoms with E-state index in [0.29, 0.717) is 22.2 Å². The number of thiazole rings is 1. The van der Waals surface area contributed by atoms with Crippen molar-refractivity contribution >= 4 is 22.4 Å². The molecule has 17 heavy (non-hydrogen) atoms. The summed E-state index contributed by atoms with van der Waals surface area (Å²) in [6.45, 7) is 2.03. The summed E-state index contributed by atoms with van der Waals surface area (Å²) in [5, 5.41) is 0.312. The van der Waals surface area contributed by atoms with Crippen LogP contribution in [0.3, 0.4) is 0 Å². The molecule has 0 atom stereocenters. The average Bonchev–Trinajstić information content (AvgIpc) is 2.73. The Morgan fingerprint density at radius 1 is 1.47 bits per heavy atom. The molecule has 88 valence electrons. The number of hydrogen-bond donors (Lipinski definition) is 1. The van der Waals surface area contributed by atoms with Crippen LogP contribution in [0, 0.1) is 0 Å². The zero-order valence-electron chi connectivity index (χ0n) is 9.08. The SMILES string of the molecule is CCOC(=O)c1nc(N)sc1-c1cncnc1. The van der Waals surface area contributed by atoms with Crippen LogP contribution in [0.4, 0.5) is 5.13 Å². The number of hydrogen-bond acceptors (Lipinski definition) is 7. The van der Waals surface area contributed by atoms with E-state index in [-0.39, 0.29) is 5.69 Å². The Morgan fingerprint density at radius 2 is 2.18 bits per heavy atom. The largest absolute Gasteiger partial charge is 0.461 e. The van der Waals surface area contributed by atoms with Crippen molar-refractivity contribution in [3.63, 3.8) is 0 Å². The van der Waals surface area contributed by atoms with Crippen LogP contribution in [0.5, 0.6) is 0 Å². The Hall–Kier alpha value is -2.02. The number of rotatable bonds is 3. The molecule has 2 aromatic heterocycles. The summed E-state index contributed by atoms with van der Waals surface area (Å²) in [5.41, 5.74) is 6.52. The Balaban J connectivity index is 2.44. The molecule has 6 nitrogen and oxygen atoms in total. The zero-order chi connectivity index (χ0) is 12.3. The first-order valence-electron chi connectivity index (χ1n) is 4.91. The highest BCUT2D eigenvalue weighted by Gasteiger charge is 2.19. The lowest BCUT2D eigenvalue weighted by atomic mass is 10.2. The van der Waals surface area contributed by atoms with E-state index in [2.05, 4.69) is 15.0 Å². The predicted octanol–water partition coefficient (Wildman–Crippen LogP) is 1.36. The molecular formula is C10H10N4O2S. The van der Waals surface area contributed by atoms with Crippen molar-refractivity contribution < 1.29 is 9.53 Å². The number of anilines is 1. The van der Waals surface area contributed by atoms with E-state index in [4.69, 9.17) is 10.5 Å². The van der Waals surface area contributed by atoms with Crippen molar-refractivity contribution in [2.24, 2.45) is 0 Å². The number of nitrogens with two attached hydrogens (primary N) is 1. The summed E-state index contributed by atoms with van der Waals surface area (Å²) >= 11 is 1.21. The van der Waals surface area contributed by atoms with E-state index in [9.17, 15) is 4.79 Å². The highest BCUT2D eigenvalue weighted by molar-refractivity contribution is 7.19. The summed E-state index contributed by atoms with van der Waals surface area (Å²) < 4.78 is 4.91. The van der Waals surface area contributed by atoms with E-state index in [1.807, 2.05) is 0 Å². The summed E-state index contributed by atoms with van der Waals surface area (Å²) in [6.07, 6.45) is 4.61. The van der Waals surface area contributed by atoms with E-state index < -0.39 is 5.97 Å². The quantitative estimate of drug-likeness (QED) is 0.827. The monoisotopic (exact) mass is 250 g/mol.